The molecule has 0 aliphatic carbocycles. The van der Waals surface area contributed by atoms with Crippen molar-refractivity contribution in [2.45, 2.75) is 19.2 Å². The second-order valence-electron chi connectivity index (χ2n) is 7.96. The van der Waals surface area contributed by atoms with Crippen LogP contribution in [-0.2, 0) is 23.9 Å². The number of halogens is 3. The average Bonchev–Trinajstić information content (AvgIpc) is 2.84. The lowest BCUT2D eigenvalue weighted by Crippen LogP contribution is -2.07. The van der Waals surface area contributed by atoms with Crippen LogP contribution in [0.3, 0.4) is 0 Å². The lowest BCUT2D eigenvalue weighted by molar-refractivity contribution is -0.137. The van der Waals surface area contributed by atoms with Gasteiger partial charge >= 0.3 is 18.1 Å². The maximum absolute atomic E-state index is 12.7. The molecule has 0 radical (unpaired) electrons. The molecule has 4 aromatic rings. The highest BCUT2D eigenvalue weighted by atomic mass is 19.4. The highest BCUT2D eigenvalue weighted by Crippen LogP contribution is 2.32. The number of ether oxygens (including phenoxy) is 1. The van der Waals surface area contributed by atoms with Gasteiger partial charge in [0.2, 0.25) is 0 Å². The Hall–Kier alpha value is -4.33. The number of hydrogen-bond donors (Lipinski definition) is 2. The molecule has 35 heavy (non-hydrogen) atoms. The number of esters is 1. The van der Waals surface area contributed by atoms with E-state index in [4.69, 9.17) is 9.84 Å². The number of phenolic OH excluding ortho intramolecular Hbond substituents is 1. The first-order valence-corrected chi connectivity index (χ1v) is 10.5. The molecule has 4 aromatic carbocycles. The van der Waals surface area contributed by atoms with Gasteiger partial charge in [-0.05, 0) is 58.5 Å². The molecule has 0 aliphatic rings. The Labute approximate surface area is 198 Å². The summed E-state index contributed by atoms with van der Waals surface area (Å²) in [5.41, 5.74) is 1.36. The van der Waals surface area contributed by atoms with Crippen molar-refractivity contribution in [2.24, 2.45) is 0 Å². The second-order valence-corrected chi connectivity index (χ2v) is 7.96. The summed E-state index contributed by atoms with van der Waals surface area (Å²) in [7, 11) is 0. The first-order chi connectivity index (χ1) is 16.6. The number of benzene rings is 4. The maximum atomic E-state index is 12.7. The number of aromatic hydroxyl groups is 1. The van der Waals surface area contributed by atoms with E-state index in [2.05, 4.69) is 0 Å². The number of carboxylic acid groups (broad SMARTS) is 1. The van der Waals surface area contributed by atoms with Gasteiger partial charge in [-0.2, -0.15) is 13.2 Å². The molecule has 0 saturated heterocycles. The molecule has 0 saturated carbocycles. The maximum Gasteiger partial charge on any atom is 0.416 e. The zero-order chi connectivity index (χ0) is 25.2. The summed E-state index contributed by atoms with van der Waals surface area (Å²) in [4.78, 5) is 23.5. The molecule has 2 N–H and O–H groups in total. The molecule has 0 aliphatic heterocycles. The SMILES string of the molecule is O=C(O)c1ccc(Cc2ccc3ccc(C(=O)OCc4ccc(C(F)(F)F)cc4)cc3c2O)cc1. The molecule has 0 heterocycles. The van der Waals surface area contributed by atoms with Crippen molar-refractivity contribution < 1.29 is 37.7 Å². The molecule has 5 nitrogen and oxygen atoms in total. The van der Waals surface area contributed by atoms with E-state index in [0.717, 1.165) is 17.7 Å². The minimum atomic E-state index is -4.44. The zero-order valence-corrected chi connectivity index (χ0v) is 18.2. The van der Waals surface area contributed by atoms with Gasteiger partial charge in [0.1, 0.15) is 12.4 Å². The zero-order valence-electron chi connectivity index (χ0n) is 18.2. The summed E-state index contributed by atoms with van der Waals surface area (Å²) in [6, 6.07) is 18.9. The number of carboxylic acids is 1. The number of fused-ring (bicyclic) bond motifs is 1. The van der Waals surface area contributed by atoms with Gasteiger partial charge in [0.15, 0.2) is 0 Å². The number of carbonyl (C=O) groups excluding carboxylic acids is 1. The van der Waals surface area contributed by atoms with Crippen LogP contribution < -0.4 is 0 Å². The van der Waals surface area contributed by atoms with E-state index < -0.39 is 23.7 Å². The Morgan fingerprint density at radius 3 is 2.03 bits per heavy atom. The Bertz CT molecular complexity index is 1390. The first-order valence-electron chi connectivity index (χ1n) is 10.5. The van der Waals surface area contributed by atoms with Crippen LogP contribution in [0.15, 0.2) is 78.9 Å². The summed E-state index contributed by atoms with van der Waals surface area (Å²) >= 11 is 0. The molecule has 0 fully saturated rings. The number of carbonyl (C=O) groups is 2. The molecule has 0 amide bonds. The van der Waals surface area contributed by atoms with E-state index in [1.807, 2.05) is 0 Å². The van der Waals surface area contributed by atoms with Crippen LogP contribution >= 0.6 is 0 Å². The third-order valence-corrected chi connectivity index (χ3v) is 5.56. The Morgan fingerprint density at radius 1 is 0.800 bits per heavy atom. The predicted octanol–water partition coefficient (Wildman–Crippen LogP) is 6.21. The van der Waals surface area contributed by atoms with Gasteiger partial charge in [-0.1, -0.05) is 42.5 Å². The van der Waals surface area contributed by atoms with Crippen LogP contribution in [0.2, 0.25) is 0 Å². The summed E-state index contributed by atoms with van der Waals surface area (Å²) < 4.78 is 43.3. The highest BCUT2D eigenvalue weighted by Gasteiger charge is 2.29. The first kappa shape index (κ1) is 23.8. The van der Waals surface area contributed by atoms with Crippen LogP contribution in [0.4, 0.5) is 13.2 Å². The van der Waals surface area contributed by atoms with E-state index in [1.54, 1.807) is 36.4 Å². The van der Waals surface area contributed by atoms with Crippen molar-refractivity contribution in [3.63, 3.8) is 0 Å². The number of hydrogen-bond acceptors (Lipinski definition) is 4. The molecule has 0 atom stereocenters. The van der Waals surface area contributed by atoms with E-state index >= 15 is 0 Å². The van der Waals surface area contributed by atoms with E-state index in [0.29, 0.717) is 28.3 Å². The lowest BCUT2D eigenvalue weighted by Gasteiger charge is -2.11. The largest absolute Gasteiger partial charge is 0.507 e. The molecule has 178 valence electrons. The van der Waals surface area contributed by atoms with Crippen molar-refractivity contribution >= 4 is 22.7 Å². The smallest absolute Gasteiger partial charge is 0.416 e. The molecular formula is C27H19F3O5. The minimum Gasteiger partial charge on any atom is -0.507 e. The fraction of sp³-hybridized carbons (Fsp3) is 0.111. The van der Waals surface area contributed by atoms with Gasteiger partial charge in [0, 0.05) is 11.8 Å². The normalized spacial score (nSPS) is 11.4. The molecule has 0 aromatic heterocycles. The molecular weight excluding hydrogens is 461 g/mol. The summed E-state index contributed by atoms with van der Waals surface area (Å²) in [5.74, 6) is -1.72. The third kappa shape index (κ3) is 5.43. The molecule has 0 unspecified atom stereocenters. The summed E-state index contributed by atoms with van der Waals surface area (Å²) in [5, 5.41) is 21.0. The van der Waals surface area contributed by atoms with Gasteiger partial charge in [0.25, 0.3) is 0 Å². The van der Waals surface area contributed by atoms with Gasteiger partial charge in [-0.15, -0.1) is 0 Å². The summed E-state index contributed by atoms with van der Waals surface area (Å²) in [6.07, 6.45) is -4.09. The van der Waals surface area contributed by atoms with E-state index in [1.165, 1.54) is 30.3 Å². The second kappa shape index (κ2) is 9.50. The van der Waals surface area contributed by atoms with Crippen molar-refractivity contribution in [3.8, 4) is 5.75 Å². The van der Waals surface area contributed by atoms with Crippen LogP contribution in [0.25, 0.3) is 10.8 Å². The minimum absolute atomic E-state index is 0.0119. The van der Waals surface area contributed by atoms with Crippen molar-refractivity contribution in [3.05, 3.63) is 112 Å². The van der Waals surface area contributed by atoms with Gasteiger partial charge < -0.3 is 14.9 Å². The average molecular weight is 480 g/mol. The fourth-order valence-electron chi connectivity index (χ4n) is 3.63. The van der Waals surface area contributed by atoms with Crippen LogP contribution in [-0.4, -0.2) is 22.2 Å². The van der Waals surface area contributed by atoms with Crippen molar-refractivity contribution in [2.75, 3.05) is 0 Å². The van der Waals surface area contributed by atoms with Crippen molar-refractivity contribution in [1.82, 2.24) is 0 Å². The standard InChI is InChI=1S/C27H19F3O5/c28-27(29,30)22-11-3-17(4-12-22)15-35-26(34)21-10-8-18-7-9-20(24(31)23(18)14-21)13-16-1-5-19(6-2-16)25(32)33/h1-12,14,31H,13,15H2,(H,32,33). The molecule has 8 heteroatoms. The monoisotopic (exact) mass is 480 g/mol. The van der Waals surface area contributed by atoms with Gasteiger partial charge in [-0.3, -0.25) is 0 Å². The summed E-state index contributed by atoms with van der Waals surface area (Å²) in [6.45, 7) is -0.201. The van der Waals surface area contributed by atoms with Crippen LogP contribution in [0.5, 0.6) is 5.75 Å². The third-order valence-electron chi connectivity index (χ3n) is 5.56. The Balaban J connectivity index is 1.50. The number of alkyl halides is 3. The van der Waals surface area contributed by atoms with Gasteiger partial charge in [-0.25, -0.2) is 9.59 Å². The van der Waals surface area contributed by atoms with Crippen LogP contribution in [0, 0.1) is 0 Å². The lowest BCUT2D eigenvalue weighted by atomic mass is 9.98. The predicted molar refractivity (Wildman–Crippen MR) is 122 cm³/mol. The molecule has 4 rings (SSSR count). The molecule has 0 bridgehead atoms. The number of phenols is 1. The Kier molecular flexibility index (Phi) is 6.46. The fourth-order valence-corrected chi connectivity index (χ4v) is 3.63. The van der Waals surface area contributed by atoms with Gasteiger partial charge in [0.05, 0.1) is 16.7 Å². The van der Waals surface area contributed by atoms with E-state index in [-0.39, 0.29) is 23.5 Å². The van der Waals surface area contributed by atoms with Crippen molar-refractivity contribution in [1.29, 1.82) is 0 Å². The number of rotatable bonds is 6. The quantitative estimate of drug-likeness (QED) is 0.321. The van der Waals surface area contributed by atoms with Crippen LogP contribution in [0.1, 0.15) is 43.0 Å². The molecule has 0 spiro atoms. The Morgan fingerprint density at radius 2 is 1.40 bits per heavy atom. The van der Waals surface area contributed by atoms with E-state index in [9.17, 15) is 27.9 Å². The number of aromatic carboxylic acids is 1. The topological polar surface area (TPSA) is 83.8 Å². The highest BCUT2D eigenvalue weighted by molar-refractivity contribution is 5.98.